The Morgan fingerprint density at radius 3 is 2.50 bits per heavy atom. The van der Waals surface area contributed by atoms with Gasteiger partial charge >= 0.3 is 6.18 Å². The number of halogens is 3. The molecular formula is C18H13F3N4O. The normalized spacial score (nSPS) is 12.0. The molecule has 4 rings (SSSR count). The fraction of sp³-hybridized carbons (Fsp3) is 0.167. The number of alkyl halides is 3. The van der Waals surface area contributed by atoms with Crippen molar-refractivity contribution in [2.75, 3.05) is 0 Å². The zero-order valence-corrected chi connectivity index (χ0v) is 13.7. The highest BCUT2D eigenvalue weighted by atomic mass is 19.4. The summed E-state index contributed by atoms with van der Waals surface area (Å²) in [4.78, 5) is 7.96. The lowest BCUT2D eigenvalue weighted by Crippen LogP contribution is -2.15. The largest absolute Gasteiger partial charge is 0.449 e. The molecule has 26 heavy (non-hydrogen) atoms. The molecule has 5 nitrogen and oxygen atoms in total. The minimum atomic E-state index is -4.59. The van der Waals surface area contributed by atoms with Crippen LogP contribution in [0.4, 0.5) is 13.2 Å². The Balaban J connectivity index is 1.76. The average Bonchev–Trinajstić information content (AvgIpc) is 3.21. The lowest BCUT2D eigenvalue weighted by Gasteiger charge is -2.09. The molecular weight excluding hydrogens is 345 g/mol. The second-order valence-electron chi connectivity index (χ2n) is 5.83. The Morgan fingerprint density at radius 2 is 1.73 bits per heavy atom. The van der Waals surface area contributed by atoms with Crippen LogP contribution in [0.5, 0.6) is 0 Å². The number of rotatable bonds is 3. The van der Waals surface area contributed by atoms with Gasteiger partial charge < -0.3 is 9.09 Å². The van der Waals surface area contributed by atoms with Crippen molar-refractivity contribution in [3.05, 3.63) is 65.8 Å². The van der Waals surface area contributed by atoms with E-state index in [1.54, 1.807) is 18.2 Å². The summed E-state index contributed by atoms with van der Waals surface area (Å²) < 4.78 is 46.3. The first kappa shape index (κ1) is 16.3. The highest BCUT2D eigenvalue weighted by Gasteiger charge is 2.38. The van der Waals surface area contributed by atoms with E-state index in [-0.39, 0.29) is 18.0 Å². The molecule has 0 saturated heterocycles. The summed E-state index contributed by atoms with van der Waals surface area (Å²) in [6.45, 7) is 1.69. The van der Waals surface area contributed by atoms with E-state index in [1.165, 1.54) is 6.07 Å². The maximum Gasteiger partial charge on any atom is 0.449 e. The summed E-state index contributed by atoms with van der Waals surface area (Å²) in [5, 5.41) is 3.90. The molecule has 0 aliphatic rings. The molecule has 0 bridgehead atoms. The zero-order chi connectivity index (χ0) is 18.3. The van der Waals surface area contributed by atoms with Crippen molar-refractivity contribution in [1.29, 1.82) is 0 Å². The molecule has 0 N–H and O–H groups in total. The highest BCUT2D eigenvalue weighted by Crippen LogP contribution is 2.32. The highest BCUT2D eigenvalue weighted by molar-refractivity contribution is 5.76. The number of fused-ring (bicyclic) bond motifs is 1. The average molecular weight is 358 g/mol. The standard InChI is InChI=1S/C18H13F3N4O/c1-11-6-2-3-7-12(11)16-23-15(26-24-16)10-25-14-9-5-4-8-13(14)22-17(25)18(19,20)21/h2-9H,10H2,1H3. The number of hydrogen-bond donors (Lipinski definition) is 0. The Bertz CT molecular complexity index is 1080. The molecule has 132 valence electrons. The van der Waals surface area contributed by atoms with E-state index in [2.05, 4.69) is 15.1 Å². The van der Waals surface area contributed by atoms with Gasteiger partial charge in [-0.3, -0.25) is 0 Å². The molecule has 0 saturated carbocycles. The second-order valence-corrected chi connectivity index (χ2v) is 5.83. The maximum absolute atomic E-state index is 13.4. The van der Waals surface area contributed by atoms with Gasteiger partial charge in [-0.05, 0) is 24.6 Å². The third kappa shape index (κ3) is 2.83. The minimum Gasteiger partial charge on any atom is -0.337 e. The second kappa shape index (κ2) is 5.98. The van der Waals surface area contributed by atoms with Gasteiger partial charge in [-0.2, -0.15) is 18.2 Å². The first-order valence-electron chi connectivity index (χ1n) is 7.84. The molecule has 0 atom stereocenters. The van der Waals surface area contributed by atoms with Crippen LogP contribution in [0.15, 0.2) is 53.1 Å². The van der Waals surface area contributed by atoms with Gasteiger partial charge in [0, 0.05) is 5.56 Å². The van der Waals surface area contributed by atoms with E-state index in [0.717, 1.165) is 15.7 Å². The summed E-state index contributed by atoms with van der Waals surface area (Å²) in [7, 11) is 0. The molecule has 2 heterocycles. The van der Waals surface area contributed by atoms with Crippen molar-refractivity contribution in [3.8, 4) is 11.4 Å². The van der Waals surface area contributed by atoms with Crippen molar-refractivity contribution in [1.82, 2.24) is 19.7 Å². The number of nitrogens with zero attached hydrogens (tertiary/aromatic N) is 4. The lowest BCUT2D eigenvalue weighted by atomic mass is 10.1. The van der Waals surface area contributed by atoms with Gasteiger partial charge in [0.25, 0.3) is 0 Å². The third-order valence-electron chi connectivity index (χ3n) is 4.06. The third-order valence-corrected chi connectivity index (χ3v) is 4.06. The molecule has 0 aliphatic carbocycles. The summed E-state index contributed by atoms with van der Waals surface area (Å²) in [5.74, 6) is -0.567. The summed E-state index contributed by atoms with van der Waals surface area (Å²) in [6, 6.07) is 13.9. The Morgan fingerprint density at radius 1 is 1.00 bits per heavy atom. The molecule has 0 unspecified atom stereocenters. The van der Waals surface area contributed by atoms with E-state index < -0.39 is 12.0 Å². The predicted octanol–water partition coefficient (Wildman–Crippen LogP) is 4.46. The molecule has 0 spiro atoms. The van der Waals surface area contributed by atoms with E-state index in [9.17, 15) is 13.2 Å². The van der Waals surface area contributed by atoms with Crippen LogP contribution >= 0.6 is 0 Å². The minimum absolute atomic E-state index is 0.0805. The molecule has 4 aromatic rings. The van der Waals surface area contributed by atoms with Gasteiger partial charge in [0.15, 0.2) is 0 Å². The van der Waals surface area contributed by atoms with Crippen LogP contribution in [0, 0.1) is 6.92 Å². The number of para-hydroxylation sites is 2. The van der Waals surface area contributed by atoms with Gasteiger partial charge in [0.05, 0.1) is 11.0 Å². The smallest absolute Gasteiger partial charge is 0.337 e. The first-order chi connectivity index (χ1) is 12.4. The number of hydrogen-bond acceptors (Lipinski definition) is 4. The quantitative estimate of drug-likeness (QED) is 0.542. The van der Waals surface area contributed by atoms with Crippen LogP contribution in [0.3, 0.4) is 0 Å². The van der Waals surface area contributed by atoms with E-state index in [4.69, 9.17) is 4.52 Å². The van der Waals surface area contributed by atoms with Gasteiger partial charge in [0.1, 0.15) is 6.54 Å². The summed E-state index contributed by atoms with van der Waals surface area (Å²) >= 11 is 0. The lowest BCUT2D eigenvalue weighted by molar-refractivity contribution is -0.146. The molecule has 0 aliphatic heterocycles. The molecule has 8 heteroatoms. The number of aromatic nitrogens is 4. The van der Waals surface area contributed by atoms with Crippen molar-refractivity contribution in [3.63, 3.8) is 0 Å². The Kier molecular flexibility index (Phi) is 3.75. The molecule has 0 radical (unpaired) electrons. The van der Waals surface area contributed by atoms with Crippen LogP contribution < -0.4 is 0 Å². The van der Waals surface area contributed by atoms with Crippen LogP contribution in [0.25, 0.3) is 22.4 Å². The van der Waals surface area contributed by atoms with Gasteiger partial charge in [-0.1, -0.05) is 41.6 Å². The SMILES string of the molecule is Cc1ccccc1-c1noc(Cn2c(C(F)(F)F)nc3ccccc32)n1. The van der Waals surface area contributed by atoms with Crippen LogP contribution in [-0.2, 0) is 12.7 Å². The zero-order valence-electron chi connectivity index (χ0n) is 13.7. The number of aryl methyl sites for hydroxylation is 1. The van der Waals surface area contributed by atoms with Crippen LogP contribution in [-0.4, -0.2) is 19.7 Å². The first-order valence-corrected chi connectivity index (χ1v) is 7.84. The van der Waals surface area contributed by atoms with Gasteiger partial charge in [-0.25, -0.2) is 4.98 Å². The van der Waals surface area contributed by atoms with Crippen molar-refractivity contribution in [2.45, 2.75) is 19.6 Å². The fourth-order valence-electron chi connectivity index (χ4n) is 2.84. The molecule has 2 aromatic heterocycles. The van der Waals surface area contributed by atoms with E-state index in [1.807, 2.05) is 31.2 Å². The fourth-order valence-corrected chi connectivity index (χ4v) is 2.84. The van der Waals surface area contributed by atoms with Gasteiger partial charge in [0.2, 0.25) is 17.5 Å². The summed E-state index contributed by atoms with van der Waals surface area (Å²) in [6.07, 6.45) is -4.59. The van der Waals surface area contributed by atoms with Crippen LogP contribution in [0.1, 0.15) is 17.3 Å². The van der Waals surface area contributed by atoms with E-state index in [0.29, 0.717) is 11.3 Å². The Hall–Kier alpha value is -3.16. The number of benzene rings is 2. The molecule has 0 amide bonds. The van der Waals surface area contributed by atoms with Crippen molar-refractivity contribution in [2.24, 2.45) is 0 Å². The van der Waals surface area contributed by atoms with Gasteiger partial charge in [-0.15, -0.1) is 0 Å². The van der Waals surface area contributed by atoms with Crippen LogP contribution in [0.2, 0.25) is 0 Å². The summed E-state index contributed by atoms with van der Waals surface area (Å²) in [5.41, 5.74) is 2.34. The van der Waals surface area contributed by atoms with Crippen molar-refractivity contribution < 1.29 is 17.7 Å². The molecule has 0 fully saturated rings. The topological polar surface area (TPSA) is 56.7 Å². The Labute approximate surface area is 146 Å². The van der Waals surface area contributed by atoms with Crippen molar-refractivity contribution >= 4 is 11.0 Å². The number of imidazole rings is 1. The monoisotopic (exact) mass is 358 g/mol. The predicted molar refractivity (Wildman–Crippen MR) is 88.3 cm³/mol. The van der Waals surface area contributed by atoms with E-state index >= 15 is 0 Å². The maximum atomic E-state index is 13.4. The molecule has 2 aromatic carbocycles.